The SMILES string of the molecule is CN(C)c1cccc(Oc2ccc(CN)cc2Br)c1. The second-order valence-electron chi connectivity index (χ2n) is 4.46. The topological polar surface area (TPSA) is 38.5 Å². The van der Waals surface area contributed by atoms with Crippen LogP contribution in [0.5, 0.6) is 11.5 Å². The number of hydrogen-bond donors (Lipinski definition) is 1. The number of ether oxygens (including phenoxy) is 1. The maximum absolute atomic E-state index is 5.89. The Morgan fingerprint density at radius 1 is 1.16 bits per heavy atom. The zero-order valence-corrected chi connectivity index (χ0v) is 12.6. The third kappa shape index (κ3) is 3.49. The highest BCUT2D eigenvalue weighted by molar-refractivity contribution is 9.10. The molecule has 0 bridgehead atoms. The molecule has 2 aromatic carbocycles. The summed E-state index contributed by atoms with van der Waals surface area (Å²) in [6.45, 7) is 0.523. The molecule has 0 radical (unpaired) electrons. The van der Waals surface area contributed by atoms with E-state index < -0.39 is 0 Å². The van der Waals surface area contributed by atoms with E-state index in [1.807, 2.05) is 61.5 Å². The van der Waals surface area contributed by atoms with E-state index in [1.165, 1.54) is 0 Å². The highest BCUT2D eigenvalue weighted by atomic mass is 79.9. The van der Waals surface area contributed by atoms with E-state index in [0.29, 0.717) is 6.54 Å². The molecule has 2 aromatic rings. The van der Waals surface area contributed by atoms with E-state index in [-0.39, 0.29) is 0 Å². The Morgan fingerprint density at radius 2 is 1.95 bits per heavy atom. The molecule has 0 aliphatic carbocycles. The molecule has 2 rings (SSSR count). The molecule has 4 heteroatoms. The molecule has 0 aliphatic heterocycles. The molecule has 0 atom stereocenters. The normalized spacial score (nSPS) is 10.3. The van der Waals surface area contributed by atoms with Gasteiger partial charge in [-0.1, -0.05) is 12.1 Å². The van der Waals surface area contributed by atoms with Crippen molar-refractivity contribution in [3.63, 3.8) is 0 Å². The average molecular weight is 321 g/mol. The van der Waals surface area contributed by atoms with E-state index in [1.54, 1.807) is 0 Å². The predicted molar refractivity (Wildman–Crippen MR) is 82.9 cm³/mol. The van der Waals surface area contributed by atoms with E-state index >= 15 is 0 Å². The summed E-state index contributed by atoms with van der Waals surface area (Å²) >= 11 is 3.50. The first-order valence-electron chi connectivity index (χ1n) is 6.04. The van der Waals surface area contributed by atoms with Gasteiger partial charge in [-0.3, -0.25) is 0 Å². The van der Waals surface area contributed by atoms with Gasteiger partial charge in [0.1, 0.15) is 11.5 Å². The first-order chi connectivity index (χ1) is 9.10. The lowest BCUT2D eigenvalue weighted by atomic mass is 10.2. The molecule has 3 nitrogen and oxygen atoms in total. The summed E-state index contributed by atoms with van der Waals surface area (Å²) in [6.07, 6.45) is 0. The molecule has 0 aliphatic rings. The van der Waals surface area contributed by atoms with Gasteiger partial charge in [-0.05, 0) is 45.8 Å². The van der Waals surface area contributed by atoms with E-state index in [0.717, 1.165) is 27.2 Å². The summed E-state index contributed by atoms with van der Waals surface area (Å²) in [5.41, 5.74) is 7.78. The molecule has 0 aromatic heterocycles. The second kappa shape index (κ2) is 6.08. The number of benzene rings is 2. The van der Waals surface area contributed by atoms with Crippen LogP contribution in [0.4, 0.5) is 5.69 Å². The molecular formula is C15H17BrN2O. The minimum absolute atomic E-state index is 0.523. The molecule has 0 saturated heterocycles. The lowest BCUT2D eigenvalue weighted by molar-refractivity contribution is 0.479. The number of halogens is 1. The zero-order chi connectivity index (χ0) is 13.8. The first kappa shape index (κ1) is 13.9. The molecule has 0 amide bonds. The molecule has 0 heterocycles. The number of rotatable bonds is 4. The van der Waals surface area contributed by atoms with Gasteiger partial charge >= 0.3 is 0 Å². The van der Waals surface area contributed by atoms with Crippen LogP contribution < -0.4 is 15.4 Å². The van der Waals surface area contributed by atoms with Gasteiger partial charge in [0.15, 0.2) is 0 Å². The highest BCUT2D eigenvalue weighted by Crippen LogP contribution is 2.31. The molecular weight excluding hydrogens is 304 g/mol. The Balaban J connectivity index is 2.23. The third-order valence-electron chi connectivity index (χ3n) is 2.79. The minimum Gasteiger partial charge on any atom is -0.456 e. The van der Waals surface area contributed by atoms with Crippen LogP contribution in [0.3, 0.4) is 0 Å². The summed E-state index contributed by atoms with van der Waals surface area (Å²) in [6, 6.07) is 13.8. The van der Waals surface area contributed by atoms with Crippen molar-refractivity contribution >= 4 is 21.6 Å². The monoisotopic (exact) mass is 320 g/mol. The lowest BCUT2D eigenvalue weighted by Crippen LogP contribution is -2.08. The van der Waals surface area contributed by atoms with Crippen molar-refractivity contribution in [2.75, 3.05) is 19.0 Å². The fourth-order valence-electron chi connectivity index (χ4n) is 1.71. The van der Waals surface area contributed by atoms with Gasteiger partial charge in [-0.2, -0.15) is 0 Å². The zero-order valence-electron chi connectivity index (χ0n) is 11.1. The van der Waals surface area contributed by atoms with E-state index in [9.17, 15) is 0 Å². The largest absolute Gasteiger partial charge is 0.456 e. The van der Waals surface area contributed by atoms with Crippen LogP contribution in [0.2, 0.25) is 0 Å². The molecule has 100 valence electrons. The Labute approximate surface area is 122 Å². The summed E-state index contributed by atoms with van der Waals surface area (Å²) < 4.78 is 6.79. The van der Waals surface area contributed by atoms with Crippen molar-refractivity contribution in [2.45, 2.75) is 6.54 Å². The van der Waals surface area contributed by atoms with Gasteiger partial charge in [-0.15, -0.1) is 0 Å². The van der Waals surface area contributed by atoms with Gasteiger partial charge in [-0.25, -0.2) is 0 Å². The average Bonchev–Trinajstić information content (AvgIpc) is 2.41. The number of hydrogen-bond acceptors (Lipinski definition) is 3. The fraction of sp³-hybridized carbons (Fsp3) is 0.200. The van der Waals surface area contributed by atoms with Gasteiger partial charge < -0.3 is 15.4 Å². The summed E-state index contributed by atoms with van der Waals surface area (Å²) in [5.74, 6) is 1.60. The standard InChI is InChI=1S/C15H17BrN2O/c1-18(2)12-4-3-5-13(9-12)19-15-7-6-11(10-17)8-14(15)16/h3-9H,10,17H2,1-2H3. The molecule has 0 unspecified atom stereocenters. The van der Waals surface area contributed by atoms with Crippen LogP contribution in [0, 0.1) is 0 Å². The van der Waals surface area contributed by atoms with Crippen molar-refractivity contribution in [3.05, 3.63) is 52.5 Å². The van der Waals surface area contributed by atoms with Gasteiger partial charge in [0.05, 0.1) is 4.47 Å². The van der Waals surface area contributed by atoms with Crippen molar-refractivity contribution in [3.8, 4) is 11.5 Å². The fourth-order valence-corrected chi connectivity index (χ4v) is 2.21. The van der Waals surface area contributed by atoms with Crippen LogP contribution in [0.1, 0.15) is 5.56 Å². The molecule has 0 saturated carbocycles. The van der Waals surface area contributed by atoms with E-state index in [2.05, 4.69) is 15.9 Å². The minimum atomic E-state index is 0.523. The maximum Gasteiger partial charge on any atom is 0.141 e. The second-order valence-corrected chi connectivity index (χ2v) is 5.32. The Hall–Kier alpha value is -1.52. The van der Waals surface area contributed by atoms with Crippen LogP contribution in [0.25, 0.3) is 0 Å². The highest BCUT2D eigenvalue weighted by Gasteiger charge is 2.05. The maximum atomic E-state index is 5.89. The Morgan fingerprint density at radius 3 is 2.58 bits per heavy atom. The smallest absolute Gasteiger partial charge is 0.141 e. The molecule has 19 heavy (non-hydrogen) atoms. The van der Waals surface area contributed by atoms with Crippen LogP contribution in [-0.2, 0) is 6.54 Å². The summed E-state index contributed by atoms with van der Waals surface area (Å²) in [7, 11) is 4.01. The molecule has 0 spiro atoms. The summed E-state index contributed by atoms with van der Waals surface area (Å²) in [5, 5.41) is 0. The summed E-state index contributed by atoms with van der Waals surface area (Å²) in [4.78, 5) is 2.04. The molecule has 0 fully saturated rings. The van der Waals surface area contributed by atoms with Gasteiger partial charge in [0, 0.05) is 32.4 Å². The van der Waals surface area contributed by atoms with Crippen molar-refractivity contribution in [1.82, 2.24) is 0 Å². The number of anilines is 1. The van der Waals surface area contributed by atoms with Crippen LogP contribution in [0.15, 0.2) is 46.9 Å². The van der Waals surface area contributed by atoms with Crippen molar-refractivity contribution in [1.29, 1.82) is 0 Å². The quantitative estimate of drug-likeness (QED) is 0.932. The van der Waals surface area contributed by atoms with Crippen molar-refractivity contribution in [2.24, 2.45) is 5.73 Å². The predicted octanol–water partition coefficient (Wildman–Crippen LogP) is 3.77. The van der Waals surface area contributed by atoms with Gasteiger partial charge in [0.25, 0.3) is 0 Å². The van der Waals surface area contributed by atoms with Crippen LogP contribution in [-0.4, -0.2) is 14.1 Å². The Bertz CT molecular complexity index is 570. The van der Waals surface area contributed by atoms with E-state index in [4.69, 9.17) is 10.5 Å². The number of nitrogens with zero attached hydrogens (tertiary/aromatic N) is 1. The Kier molecular flexibility index (Phi) is 4.45. The van der Waals surface area contributed by atoms with Crippen molar-refractivity contribution < 1.29 is 4.74 Å². The molecule has 2 N–H and O–H groups in total. The number of nitrogens with two attached hydrogens (primary N) is 1. The van der Waals surface area contributed by atoms with Gasteiger partial charge in [0.2, 0.25) is 0 Å². The van der Waals surface area contributed by atoms with Crippen LogP contribution >= 0.6 is 15.9 Å². The third-order valence-corrected chi connectivity index (χ3v) is 3.41. The lowest BCUT2D eigenvalue weighted by Gasteiger charge is -2.14. The first-order valence-corrected chi connectivity index (χ1v) is 6.83.